The molecule has 0 fully saturated rings. The highest BCUT2D eigenvalue weighted by Crippen LogP contribution is 2.21. The van der Waals surface area contributed by atoms with Crippen LogP contribution < -0.4 is 10.0 Å². The third kappa shape index (κ3) is 7.31. The molecule has 2 N–H and O–H groups in total. The maximum atomic E-state index is 13.4. The second-order valence-electron chi connectivity index (χ2n) is 9.40. The first-order chi connectivity index (χ1) is 19.6. The molecule has 0 radical (unpaired) electrons. The molecule has 212 valence electrons. The number of hydrogen-bond donors (Lipinski definition) is 2. The number of carbonyl (C=O) groups excluding carboxylic acids is 3. The normalized spacial score (nSPS) is 12.0. The lowest BCUT2D eigenvalue weighted by Crippen LogP contribution is -2.46. The van der Waals surface area contributed by atoms with E-state index in [4.69, 9.17) is 11.6 Å². The van der Waals surface area contributed by atoms with Crippen LogP contribution in [0.5, 0.6) is 0 Å². The Labute approximate surface area is 244 Å². The molecule has 0 aliphatic carbocycles. The van der Waals surface area contributed by atoms with Gasteiger partial charge in [-0.2, -0.15) is 0 Å². The van der Waals surface area contributed by atoms with Crippen LogP contribution in [0.4, 0.5) is 5.69 Å². The lowest BCUT2D eigenvalue weighted by atomic mass is 9.97. The molecule has 0 bridgehead atoms. The molecule has 10 heteroatoms. The summed E-state index contributed by atoms with van der Waals surface area (Å²) >= 11 is 5.88. The summed E-state index contributed by atoms with van der Waals surface area (Å²) in [4.78, 5) is 40.7. The van der Waals surface area contributed by atoms with Crippen LogP contribution >= 0.6 is 11.6 Å². The van der Waals surface area contributed by atoms with Gasteiger partial charge in [-0.25, -0.2) is 13.1 Å². The van der Waals surface area contributed by atoms with Crippen molar-refractivity contribution in [1.29, 1.82) is 0 Å². The van der Waals surface area contributed by atoms with Crippen molar-refractivity contribution < 1.29 is 22.8 Å². The maximum absolute atomic E-state index is 13.4. The largest absolute Gasteiger partial charge is 0.343 e. The van der Waals surface area contributed by atoms with Crippen molar-refractivity contribution in [2.45, 2.75) is 25.2 Å². The van der Waals surface area contributed by atoms with E-state index >= 15 is 0 Å². The van der Waals surface area contributed by atoms with Crippen molar-refractivity contribution in [3.63, 3.8) is 0 Å². The number of nitrogens with one attached hydrogen (secondary N) is 2. The van der Waals surface area contributed by atoms with Crippen LogP contribution in [0.3, 0.4) is 0 Å². The number of fused-ring (bicyclic) bond motifs is 1. The van der Waals surface area contributed by atoms with Crippen LogP contribution in [0.2, 0.25) is 5.02 Å². The monoisotopic (exact) mass is 591 g/mol. The zero-order chi connectivity index (χ0) is 29.6. The van der Waals surface area contributed by atoms with Gasteiger partial charge in [0.1, 0.15) is 5.92 Å². The Bertz CT molecular complexity index is 1670. The molecule has 8 nitrogen and oxygen atoms in total. The molecule has 4 aromatic carbocycles. The minimum absolute atomic E-state index is 0.0280. The lowest BCUT2D eigenvalue weighted by molar-refractivity contribution is -0.141. The third-order valence-electron chi connectivity index (χ3n) is 6.71. The van der Waals surface area contributed by atoms with E-state index in [1.54, 1.807) is 80.6 Å². The number of sulfonamides is 1. The molecule has 0 aliphatic rings. The highest BCUT2D eigenvalue weighted by Gasteiger charge is 2.33. The van der Waals surface area contributed by atoms with Gasteiger partial charge in [0.25, 0.3) is 15.9 Å². The van der Waals surface area contributed by atoms with Crippen molar-refractivity contribution in [3.05, 3.63) is 107 Å². The zero-order valence-electron chi connectivity index (χ0n) is 22.6. The Kier molecular flexibility index (Phi) is 9.42. The van der Waals surface area contributed by atoms with E-state index in [2.05, 4.69) is 10.0 Å². The van der Waals surface area contributed by atoms with Crippen LogP contribution in [0.1, 0.15) is 29.8 Å². The molecule has 0 aliphatic heterocycles. The smallest absolute Gasteiger partial charge is 0.264 e. The molecule has 0 aromatic heterocycles. The van der Waals surface area contributed by atoms with Gasteiger partial charge >= 0.3 is 0 Å². The molecule has 0 spiro atoms. The van der Waals surface area contributed by atoms with E-state index in [1.807, 2.05) is 12.1 Å². The fourth-order valence-corrected chi connectivity index (χ4v) is 5.59. The molecular weight excluding hydrogens is 562 g/mol. The summed E-state index contributed by atoms with van der Waals surface area (Å²) in [6.07, 6.45) is -0.0280. The van der Waals surface area contributed by atoms with Gasteiger partial charge in [-0.15, -0.1) is 0 Å². The van der Waals surface area contributed by atoms with Gasteiger partial charge in [-0.05, 0) is 85.1 Å². The number of hydrogen-bond acceptors (Lipinski definition) is 5. The van der Waals surface area contributed by atoms with E-state index in [9.17, 15) is 22.8 Å². The van der Waals surface area contributed by atoms with Gasteiger partial charge in [0, 0.05) is 29.4 Å². The summed E-state index contributed by atoms with van der Waals surface area (Å²) in [5.41, 5.74) is 1.58. The molecule has 1 atom stereocenters. The summed E-state index contributed by atoms with van der Waals surface area (Å²) in [7, 11) is -4.24. The van der Waals surface area contributed by atoms with Gasteiger partial charge in [-0.1, -0.05) is 54.1 Å². The molecule has 0 saturated carbocycles. The topological polar surface area (TPSA) is 113 Å². The summed E-state index contributed by atoms with van der Waals surface area (Å²) < 4.78 is 28.4. The SMILES string of the molecule is CCN(CC)C(=O)C(Cc1ccc(NC(=O)c2ccc(Cl)cc2)cc1)C(=O)NS(=O)(=O)c1ccc2ccccc2c1. The predicted octanol–water partition coefficient (Wildman–Crippen LogP) is 5.28. The molecule has 4 aromatic rings. The molecule has 0 heterocycles. The summed E-state index contributed by atoms with van der Waals surface area (Å²) in [5, 5.41) is 4.88. The predicted molar refractivity (Wildman–Crippen MR) is 160 cm³/mol. The summed E-state index contributed by atoms with van der Waals surface area (Å²) in [6, 6.07) is 25.0. The average molecular weight is 592 g/mol. The molecule has 41 heavy (non-hydrogen) atoms. The highest BCUT2D eigenvalue weighted by molar-refractivity contribution is 7.90. The lowest BCUT2D eigenvalue weighted by Gasteiger charge is -2.25. The quantitative estimate of drug-likeness (QED) is 0.244. The van der Waals surface area contributed by atoms with Gasteiger partial charge < -0.3 is 10.2 Å². The highest BCUT2D eigenvalue weighted by atomic mass is 35.5. The van der Waals surface area contributed by atoms with Crippen LogP contribution in [0.25, 0.3) is 10.8 Å². The van der Waals surface area contributed by atoms with E-state index in [-0.39, 0.29) is 17.2 Å². The first-order valence-corrected chi connectivity index (χ1v) is 15.0. The fraction of sp³-hybridized carbons (Fsp3) is 0.194. The standard InChI is InChI=1S/C31H30ClN3O5S/c1-3-35(4-2)31(38)28(30(37)34-41(39,40)27-18-13-22-7-5-6-8-24(22)20-27)19-21-9-16-26(17-10-21)33-29(36)23-11-14-25(32)15-12-23/h5-18,20,28H,3-4,19H2,1-2H3,(H,33,36)(H,34,37). The number of carbonyl (C=O) groups is 3. The zero-order valence-corrected chi connectivity index (χ0v) is 24.2. The van der Waals surface area contributed by atoms with Crippen molar-refractivity contribution in [2.75, 3.05) is 18.4 Å². The minimum atomic E-state index is -4.24. The Morgan fingerprint density at radius 1 is 0.829 bits per heavy atom. The van der Waals surface area contributed by atoms with E-state index < -0.39 is 27.8 Å². The average Bonchev–Trinajstić information content (AvgIpc) is 2.97. The first kappa shape index (κ1) is 29.8. The van der Waals surface area contributed by atoms with Crippen LogP contribution in [-0.4, -0.2) is 44.1 Å². The molecule has 3 amide bonds. The fourth-order valence-electron chi connectivity index (χ4n) is 4.41. The Hall–Kier alpha value is -4.21. The van der Waals surface area contributed by atoms with Crippen molar-refractivity contribution in [2.24, 2.45) is 5.92 Å². The number of nitrogens with zero attached hydrogens (tertiary/aromatic N) is 1. The maximum Gasteiger partial charge on any atom is 0.264 e. The minimum Gasteiger partial charge on any atom is -0.343 e. The summed E-state index contributed by atoms with van der Waals surface area (Å²) in [6.45, 7) is 4.32. The van der Waals surface area contributed by atoms with Crippen molar-refractivity contribution in [3.8, 4) is 0 Å². The molecule has 4 rings (SSSR count). The second kappa shape index (κ2) is 13.0. The van der Waals surface area contributed by atoms with E-state index in [0.29, 0.717) is 40.3 Å². The molecular formula is C31H30ClN3O5S. The van der Waals surface area contributed by atoms with Gasteiger partial charge in [0.2, 0.25) is 11.8 Å². The van der Waals surface area contributed by atoms with Crippen LogP contribution in [-0.2, 0) is 26.0 Å². The number of halogens is 1. The van der Waals surface area contributed by atoms with Crippen LogP contribution in [0.15, 0.2) is 95.9 Å². The Balaban J connectivity index is 1.53. The van der Waals surface area contributed by atoms with E-state index in [0.717, 1.165) is 5.39 Å². The third-order valence-corrected chi connectivity index (χ3v) is 8.31. The van der Waals surface area contributed by atoms with Gasteiger partial charge in [-0.3, -0.25) is 14.4 Å². The number of benzene rings is 4. The molecule has 1 unspecified atom stereocenters. The summed E-state index contributed by atoms with van der Waals surface area (Å²) in [5.74, 6) is -2.97. The van der Waals surface area contributed by atoms with Crippen LogP contribution in [0, 0.1) is 5.92 Å². The number of amides is 3. The number of anilines is 1. The Morgan fingerprint density at radius 3 is 2.10 bits per heavy atom. The van der Waals surface area contributed by atoms with E-state index in [1.165, 1.54) is 17.0 Å². The Morgan fingerprint density at radius 2 is 1.46 bits per heavy atom. The number of rotatable bonds is 10. The van der Waals surface area contributed by atoms with Crippen molar-refractivity contribution >= 4 is 55.8 Å². The first-order valence-electron chi connectivity index (χ1n) is 13.1. The second-order valence-corrected chi connectivity index (χ2v) is 11.5. The van der Waals surface area contributed by atoms with Gasteiger partial charge in [0.05, 0.1) is 4.90 Å². The van der Waals surface area contributed by atoms with Gasteiger partial charge in [0.15, 0.2) is 0 Å². The van der Waals surface area contributed by atoms with Crippen molar-refractivity contribution in [1.82, 2.24) is 9.62 Å². The molecule has 0 saturated heterocycles.